The molecular weight excluding hydrogens is 324 g/mol. The lowest BCUT2D eigenvalue weighted by Gasteiger charge is -2.07. The molecule has 0 N–H and O–H groups in total. The van der Waals surface area contributed by atoms with Crippen LogP contribution in [0.2, 0.25) is 0 Å². The number of rotatable bonds is 8. The fourth-order valence-electron chi connectivity index (χ4n) is 3.33. The van der Waals surface area contributed by atoms with Gasteiger partial charge in [-0.15, -0.1) is 6.58 Å². The summed E-state index contributed by atoms with van der Waals surface area (Å²) in [6.45, 7) is 9.86. The molecule has 0 aromatic heterocycles. The van der Waals surface area contributed by atoms with Crippen molar-refractivity contribution in [2.45, 2.75) is 32.6 Å². The van der Waals surface area contributed by atoms with Crippen LogP contribution in [0.3, 0.4) is 0 Å². The summed E-state index contributed by atoms with van der Waals surface area (Å²) < 4.78 is 0. The maximum Gasteiger partial charge on any atom is -0.00258 e. The van der Waals surface area contributed by atoms with Gasteiger partial charge < -0.3 is 0 Å². The minimum absolute atomic E-state index is 0.934. The van der Waals surface area contributed by atoms with Gasteiger partial charge in [-0.2, -0.15) is 0 Å². The van der Waals surface area contributed by atoms with Gasteiger partial charge in [0.25, 0.3) is 0 Å². The van der Waals surface area contributed by atoms with E-state index in [2.05, 4.69) is 92.9 Å². The van der Waals surface area contributed by atoms with Gasteiger partial charge >= 0.3 is 0 Å². The van der Waals surface area contributed by atoms with Crippen molar-refractivity contribution in [1.82, 2.24) is 0 Å². The molecule has 0 fully saturated rings. The van der Waals surface area contributed by atoms with Crippen molar-refractivity contribution in [3.05, 3.63) is 131 Å². The van der Waals surface area contributed by atoms with Crippen LogP contribution in [0.5, 0.6) is 0 Å². The quantitative estimate of drug-likeness (QED) is 0.395. The van der Waals surface area contributed by atoms with Gasteiger partial charge in [-0.05, 0) is 66.0 Å². The minimum atomic E-state index is 0.934. The molecule has 0 unspecified atom stereocenters. The molecule has 0 aliphatic rings. The largest absolute Gasteiger partial charge is 0.103 e. The fraction of sp³-hybridized carbons (Fsp3) is 0.185. The van der Waals surface area contributed by atoms with Crippen LogP contribution in [0.1, 0.15) is 40.3 Å². The molecule has 3 rings (SSSR count). The summed E-state index contributed by atoms with van der Waals surface area (Å²) in [7, 11) is 0. The van der Waals surface area contributed by atoms with Crippen molar-refractivity contribution in [3.8, 4) is 0 Å². The number of allylic oxidation sites excluding steroid dienone is 2. The van der Waals surface area contributed by atoms with Gasteiger partial charge in [0.2, 0.25) is 0 Å². The normalized spacial score (nSPS) is 10.6. The molecule has 0 aliphatic carbocycles. The zero-order valence-electron chi connectivity index (χ0n) is 16.2. The first kappa shape index (κ1) is 18.9. The molecule has 0 saturated carbocycles. The second-order valence-corrected chi connectivity index (χ2v) is 7.43. The molecule has 0 saturated heterocycles. The van der Waals surface area contributed by atoms with Crippen LogP contribution in [-0.4, -0.2) is 0 Å². The molecular formula is C27H28. The van der Waals surface area contributed by atoms with Gasteiger partial charge in [-0.3, -0.25) is 0 Å². The second-order valence-electron chi connectivity index (χ2n) is 7.43. The zero-order chi connectivity index (χ0) is 19.1. The van der Waals surface area contributed by atoms with E-state index in [1.807, 2.05) is 6.08 Å². The van der Waals surface area contributed by atoms with E-state index in [4.69, 9.17) is 0 Å². The summed E-state index contributed by atoms with van der Waals surface area (Å²) >= 11 is 0. The predicted molar refractivity (Wildman–Crippen MR) is 117 cm³/mol. The Bertz CT molecular complexity index is 878. The third-order valence-corrected chi connectivity index (χ3v) is 4.77. The van der Waals surface area contributed by atoms with Gasteiger partial charge in [0, 0.05) is 0 Å². The highest BCUT2D eigenvalue weighted by Crippen LogP contribution is 2.16. The molecule has 0 radical (unpaired) electrons. The molecule has 0 amide bonds. The van der Waals surface area contributed by atoms with Crippen molar-refractivity contribution in [3.63, 3.8) is 0 Å². The summed E-state index contributed by atoms with van der Waals surface area (Å²) in [5.74, 6) is 0. The summed E-state index contributed by atoms with van der Waals surface area (Å²) in [5.41, 5.74) is 9.27. The van der Waals surface area contributed by atoms with Crippen molar-refractivity contribution in [2.24, 2.45) is 0 Å². The molecule has 0 heteroatoms. The van der Waals surface area contributed by atoms with Crippen LogP contribution >= 0.6 is 0 Å². The molecule has 0 nitrogen and oxygen atoms in total. The predicted octanol–water partition coefficient (Wildman–Crippen LogP) is 6.72. The Morgan fingerprint density at radius 1 is 0.630 bits per heavy atom. The molecule has 3 aromatic rings. The van der Waals surface area contributed by atoms with Crippen LogP contribution in [0.15, 0.2) is 97.6 Å². The minimum Gasteiger partial charge on any atom is -0.103 e. The number of hydrogen-bond donors (Lipinski definition) is 0. The molecule has 0 spiro atoms. The highest BCUT2D eigenvalue weighted by molar-refractivity contribution is 5.34. The van der Waals surface area contributed by atoms with E-state index in [9.17, 15) is 0 Å². The van der Waals surface area contributed by atoms with Crippen LogP contribution < -0.4 is 0 Å². The van der Waals surface area contributed by atoms with Crippen LogP contribution in [0.25, 0.3) is 0 Å². The van der Waals surface area contributed by atoms with E-state index < -0.39 is 0 Å². The smallest absolute Gasteiger partial charge is 0.00258 e. The lowest BCUT2D eigenvalue weighted by Crippen LogP contribution is -1.93. The van der Waals surface area contributed by atoms with E-state index in [-0.39, 0.29) is 0 Å². The molecule has 0 bridgehead atoms. The van der Waals surface area contributed by atoms with Crippen LogP contribution in [0, 0.1) is 0 Å². The first-order valence-electron chi connectivity index (χ1n) is 9.61. The Morgan fingerprint density at radius 2 is 0.963 bits per heavy atom. The van der Waals surface area contributed by atoms with Crippen molar-refractivity contribution in [2.75, 3.05) is 0 Å². The lowest BCUT2D eigenvalue weighted by atomic mass is 9.98. The summed E-state index contributed by atoms with van der Waals surface area (Å²) in [6.07, 6.45) is 5.79. The summed E-state index contributed by atoms with van der Waals surface area (Å²) in [6, 6.07) is 26.7. The number of benzene rings is 3. The maximum atomic E-state index is 3.99. The van der Waals surface area contributed by atoms with Crippen LogP contribution in [0.4, 0.5) is 0 Å². The van der Waals surface area contributed by atoms with Crippen molar-refractivity contribution in [1.29, 1.82) is 0 Å². The Kier molecular flexibility index (Phi) is 6.44. The van der Waals surface area contributed by atoms with E-state index in [0.29, 0.717) is 0 Å². The summed E-state index contributed by atoms with van der Waals surface area (Å²) in [5, 5.41) is 0. The third kappa shape index (κ3) is 5.82. The first-order valence-corrected chi connectivity index (χ1v) is 9.61. The lowest BCUT2D eigenvalue weighted by molar-refractivity contribution is 1.12. The molecule has 3 aromatic carbocycles. The van der Waals surface area contributed by atoms with Gasteiger partial charge in [0.15, 0.2) is 0 Å². The standard InChI is InChI=1S/C27H28/c1-4-5-22-6-8-24(9-7-22)19-26-14-16-27(17-15-26)20-25-12-10-23(11-13-25)18-21(2)3/h4,6-17H,1-2,5,18-20H2,3H3. The Labute approximate surface area is 163 Å². The molecule has 0 atom stereocenters. The molecule has 0 aliphatic heterocycles. The van der Waals surface area contributed by atoms with Crippen LogP contribution in [-0.2, 0) is 25.7 Å². The highest BCUT2D eigenvalue weighted by atomic mass is 14.1. The maximum absolute atomic E-state index is 3.99. The SMILES string of the molecule is C=CCc1ccc(Cc2ccc(Cc3ccc(CC(=C)C)cc3)cc2)cc1. The van der Waals surface area contributed by atoms with Gasteiger partial charge in [-0.1, -0.05) is 91.0 Å². The fourth-order valence-corrected chi connectivity index (χ4v) is 3.33. The monoisotopic (exact) mass is 352 g/mol. The second kappa shape index (κ2) is 9.19. The average Bonchev–Trinajstić information content (AvgIpc) is 2.66. The Hall–Kier alpha value is -2.86. The topological polar surface area (TPSA) is 0 Å². The Balaban J connectivity index is 1.59. The highest BCUT2D eigenvalue weighted by Gasteiger charge is 2.01. The van der Waals surface area contributed by atoms with E-state index in [1.165, 1.54) is 39.0 Å². The third-order valence-electron chi connectivity index (χ3n) is 4.77. The summed E-state index contributed by atoms with van der Waals surface area (Å²) in [4.78, 5) is 0. The molecule has 136 valence electrons. The first-order chi connectivity index (χ1) is 13.1. The van der Waals surface area contributed by atoms with E-state index in [0.717, 1.165) is 25.7 Å². The van der Waals surface area contributed by atoms with Crippen molar-refractivity contribution >= 4 is 0 Å². The van der Waals surface area contributed by atoms with E-state index in [1.54, 1.807) is 0 Å². The Morgan fingerprint density at radius 3 is 1.30 bits per heavy atom. The van der Waals surface area contributed by atoms with Gasteiger partial charge in [-0.25, -0.2) is 0 Å². The van der Waals surface area contributed by atoms with E-state index >= 15 is 0 Å². The van der Waals surface area contributed by atoms with Gasteiger partial charge in [0.05, 0.1) is 0 Å². The molecule has 27 heavy (non-hydrogen) atoms. The number of hydrogen-bond acceptors (Lipinski definition) is 0. The zero-order valence-corrected chi connectivity index (χ0v) is 16.2. The van der Waals surface area contributed by atoms with Gasteiger partial charge in [0.1, 0.15) is 0 Å². The average molecular weight is 353 g/mol. The van der Waals surface area contributed by atoms with Crippen molar-refractivity contribution < 1.29 is 0 Å². The molecule has 0 heterocycles.